The number of hydrogen-bond acceptors (Lipinski definition) is 8. The highest BCUT2D eigenvalue weighted by Crippen LogP contribution is 2.16. The molecule has 0 aromatic heterocycles. The molecular formula is C30H36N2O8S2. The van der Waals surface area contributed by atoms with E-state index in [1.54, 1.807) is 36.4 Å². The second kappa shape index (κ2) is 16.2. The van der Waals surface area contributed by atoms with Gasteiger partial charge in [-0.3, -0.25) is 4.18 Å². The van der Waals surface area contributed by atoms with Gasteiger partial charge in [0.05, 0.1) is 29.5 Å². The SMILES string of the molecule is COC(=O)[C@@H](NC(=O)OCc1ccccc1)[C@@H](CCCCOS(=O)(=O)c1ccc(C)cc1)NS(=O)c1ccc(C)cc1. The molecule has 3 aromatic rings. The molecule has 3 aromatic carbocycles. The zero-order valence-electron chi connectivity index (χ0n) is 23.8. The van der Waals surface area contributed by atoms with Crippen LogP contribution in [0.5, 0.6) is 0 Å². The van der Waals surface area contributed by atoms with Crippen LogP contribution in [0, 0.1) is 13.8 Å². The van der Waals surface area contributed by atoms with Crippen LogP contribution in [0.4, 0.5) is 4.79 Å². The normalized spacial score (nSPS) is 13.5. The lowest BCUT2D eigenvalue weighted by Gasteiger charge is -2.26. The fourth-order valence-corrected chi connectivity index (χ4v) is 5.90. The van der Waals surface area contributed by atoms with Crippen LogP contribution in [-0.4, -0.2) is 50.5 Å². The van der Waals surface area contributed by atoms with Gasteiger partial charge in [-0.15, -0.1) is 0 Å². The van der Waals surface area contributed by atoms with Gasteiger partial charge in [-0.05, 0) is 62.9 Å². The van der Waals surface area contributed by atoms with E-state index < -0.39 is 45.2 Å². The van der Waals surface area contributed by atoms with E-state index in [0.717, 1.165) is 16.7 Å². The van der Waals surface area contributed by atoms with E-state index in [0.29, 0.717) is 17.7 Å². The Morgan fingerprint density at radius 2 is 1.50 bits per heavy atom. The molecule has 0 saturated carbocycles. The number of carbonyl (C=O) groups is 2. The number of benzene rings is 3. The predicted molar refractivity (Wildman–Crippen MR) is 158 cm³/mol. The average molecular weight is 617 g/mol. The molecule has 12 heteroatoms. The summed E-state index contributed by atoms with van der Waals surface area (Å²) in [5, 5.41) is 2.54. The summed E-state index contributed by atoms with van der Waals surface area (Å²) < 4.78 is 56.5. The average Bonchev–Trinajstić information content (AvgIpc) is 2.98. The maximum Gasteiger partial charge on any atom is 0.408 e. The quantitative estimate of drug-likeness (QED) is 0.146. The van der Waals surface area contributed by atoms with Crippen molar-refractivity contribution in [2.75, 3.05) is 13.7 Å². The van der Waals surface area contributed by atoms with Crippen molar-refractivity contribution < 1.29 is 35.9 Å². The summed E-state index contributed by atoms with van der Waals surface area (Å²) in [5.41, 5.74) is 2.68. The van der Waals surface area contributed by atoms with Crippen LogP contribution < -0.4 is 10.0 Å². The van der Waals surface area contributed by atoms with Crippen molar-refractivity contribution in [2.45, 2.75) is 61.6 Å². The number of aryl methyl sites for hydroxylation is 2. The Morgan fingerprint density at radius 1 is 0.881 bits per heavy atom. The van der Waals surface area contributed by atoms with Crippen LogP contribution in [0.2, 0.25) is 0 Å². The molecule has 0 aliphatic rings. The molecule has 1 amide bonds. The molecule has 226 valence electrons. The Kier molecular flexibility index (Phi) is 12.7. The van der Waals surface area contributed by atoms with Crippen LogP contribution >= 0.6 is 0 Å². The molecule has 0 spiro atoms. The Balaban J connectivity index is 1.67. The van der Waals surface area contributed by atoms with E-state index in [4.69, 9.17) is 13.7 Å². The Hall–Kier alpha value is -3.58. The van der Waals surface area contributed by atoms with Gasteiger partial charge in [0.25, 0.3) is 10.1 Å². The van der Waals surface area contributed by atoms with E-state index >= 15 is 0 Å². The number of amides is 1. The minimum atomic E-state index is -3.93. The monoisotopic (exact) mass is 616 g/mol. The molecule has 1 unspecified atom stereocenters. The van der Waals surface area contributed by atoms with Crippen LogP contribution in [0.3, 0.4) is 0 Å². The minimum Gasteiger partial charge on any atom is -0.467 e. The molecule has 10 nitrogen and oxygen atoms in total. The van der Waals surface area contributed by atoms with Crippen LogP contribution in [0.15, 0.2) is 88.7 Å². The lowest BCUT2D eigenvalue weighted by molar-refractivity contribution is -0.143. The third-order valence-corrected chi connectivity index (χ3v) is 8.84. The van der Waals surface area contributed by atoms with Gasteiger partial charge in [-0.25, -0.2) is 18.5 Å². The molecule has 3 rings (SSSR count). The summed E-state index contributed by atoms with van der Waals surface area (Å²) in [4.78, 5) is 26.0. The standard InChI is InChI=1S/C30H36N2O8S2/c1-22-12-16-25(17-13-22)41(35)32-27(11-7-8-20-40-42(36,37)26-18-14-23(2)15-19-26)28(29(33)38-3)31-30(34)39-21-24-9-5-4-6-10-24/h4-6,9-10,12-19,27-28,32H,7-8,11,20-21H2,1-3H3,(H,31,34)/t27-,28+,41?/m1/s1. The summed E-state index contributed by atoms with van der Waals surface area (Å²) in [6.45, 7) is 3.65. The number of ether oxygens (including phenoxy) is 2. The molecule has 0 fully saturated rings. The zero-order valence-corrected chi connectivity index (χ0v) is 25.4. The van der Waals surface area contributed by atoms with E-state index in [-0.39, 0.29) is 24.5 Å². The lowest BCUT2D eigenvalue weighted by atomic mass is 10.0. The number of nitrogens with one attached hydrogen (secondary N) is 2. The van der Waals surface area contributed by atoms with Crippen molar-refractivity contribution in [1.29, 1.82) is 0 Å². The zero-order chi connectivity index (χ0) is 30.5. The number of hydrogen-bond donors (Lipinski definition) is 2. The molecule has 0 heterocycles. The first-order chi connectivity index (χ1) is 20.1. The maximum absolute atomic E-state index is 13.2. The van der Waals surface area contributed by atoms with Crippen molar-refractivity contribution in [1.82, 2.24) is 10.0 Å². The summed E-state index contributed by atoms with van der Waals surface area (Å²) in [6, 6.07) is 20.3. The highest BCUT2D eigenvalue weighted by Gasteiger charge is 2.32. The number of methoxy groups -OCH3 is 1. The third-order valence-electron chi connectivity index (χ3n) is 6.29. The molecule has 0 bridgehead atoms. The van der Waals surface area contributed by atoms with E-state index in [1.807, 2.05) is 44.2 Å². The molecular weight excluding hydrogens is 580 g/mol. The number of unbranched alkanes of at least 4 members (excludes halogenated alkanes) is 1. The van der Waals surface area contributed by atoms with Crippen molar-refractivity contribution in [3.05, 3.63) is 95.6 Å². The fraction of sp³-hybridized carbons (Fsp3) is 0.333. The van der Waals surface area contributed by atoms with Gasteiger partial charge in [-0.2, -0.15) is 8.42 Å². The Morgan fingerprint density at radius 3 is 2.12 bits per heavy atom. The second-order valence-electron chi connectivity index (χ2n) is 9.60. The first-order valence-corrected chi connectivity index (χ1v) is 15.9. The lowest BCUT2D eigenvalue weighted by Crippen LogP contribution is -2.55. The topological polar surface area (TPSA) is 137 Å². The number of alkyl carbamates (subject to hydrolysis) is 1. The van der Waals surface area contributed by atoms with Gasteiger partial charge in [-0.1, -0.05) is 65.7 Å². The largest absolute Gasteiger partial charge is 0.467 e. The summed E-state index contributed by atoms with van der Waals surface area (Å²) in [6.07, 6.45) is 0.0620. The highest BCUT2D eigenvalue weighted by molar-refractivity contribution is 7.86. The molecule has 0 aliphatic carbocycles. The fourth-order valence-electron chi connectivity index (χ4n) is 3.91. The highest BCUT2D eigenvalue weighted by atomic mass is 32.2. The summed E-state index contributed by atoms with van der Waals surface area (Å²) >= 11 is 0. The molecule has 0 radical (unpaired) electrons. The van der Waals surface area contributed by atoms with Gasteiger partial charge < -0.3 is 14.8 Å². The van der Waals surface area contributed by atoms with Gasteiger partial charge in [0.15, 0.2) is 0 Å². The number of esters is 1. The molecule has 0 aliphatic heterocycles. The summed E-state index contributed by atoms with van der Waals surface area (Å²) in [7, 11) is -4.48. The van der Waals surface area contributed by atoms with Crippen LogP contribution in [0.25, 0.3) is 0 Å². The van der Waals surface area contributed by atoms with Gasteiger partial charge in [0, 0.05) is 0 Å². The van der Waals surface area contributed by atoms with Crippen LogP contribution in [0.1, 0.15) is 36.0 Å². The van der Waals surface area contributed by atoms with E-state index in [1.165, 1.54) is 19.2 Å². The van der Waals surface area contributed by atoms with Gasteiger partial charge >= 0.3 is 12.1 Å². The minimum absolute atomic E-state index is 0.0131. The summed E-state index contributed by atoms with van der Waals surface area (Å²) in [5.74, 6) is -0.761. The predicted octanol–water partition coefficient (Wildman–Crippen LogP) is 4.33. The Bertz CT molecular complexity index is 1430. The van der Waals surface area contributed by atoms with Crippen molar-refractivity contribution in [2.24, 2.45) is 0 Å². The van der Waals surface area contributed by atoms with Crippen molar-refractivity contribution in [3.63, 3.8) is 0 Å². The first-order valence-electron chi connectivity index (χ1n) is 13.3. The van der Waals surface area contributed by atoms with Crippen LogP contribution in [-0.2, 0) is 46.2 Å². The van der Waals surface area contributed by atoms with Gasteiger partial charge in [0.1, 0.15) is 23.6 Å². The van der Waals surface area contributed by atoms with E-state index in [2.05, 4.69) is 10.0 Å². The maximum atomic E-state index is 13.2. The van der Waals surface area contributed by atoms with Crippen molar-refractivity contribution >= 4 is 33.2 Å². The molecule has 3 atom stereocenters. The third kappa shape index (κ3) is 10.4. The number of carbonyl (C=O) groups excluding carboxylic acids is 2. The first kappa shape index (κ1) is 32.9. The molecule has 42 heavy (non-hydrogen) atoms. The van der Waals surface area contributed by atoms with Crippen molar-refractivity contribution in [3.8, 4) is 0 Å². The smallest absolute Gasteiger partial charge is 0.408 e. The molecule has 2 N–H and O–H groups in total. The van der Waals surface area contributed by atoms with E-state index in [9.17, 15) is 22.2 Å². The second-order valence-corrected chi connectivity index (χ2v) is 12.5. The molecule has 0 saturated heterocycles. The number of rotatable bonds is 15. The van der Waals surface area contributed by atoms with Gasteiger partial charge in [0.2, 0.25) is 0 Å². The Labute approximate surface area is 249 Å².